The molecule has 0 spiro atoms. The van der Waals surface area contributed by atoms with Gasteiger partial charge in [0, 0.05) is 44.8 Å². The van der Waals surface area contributed by atoms with Gasteiger partial charge in [0.2, 0.25) is 0 Å². The largest absolute Gasteiger partial charge is 5.00 e. The summed E-state index contributed by atoms with van der Waals surface area (Å²) >= 11 is 0. The zero-order valence-corrected chi connectivity index (χ0v) is 18.9. The third kappa shape index (κ3) is 140. The second-order valence-electron chi connectivity index (χ2n) is 0. The van der Waals surface area contributed by atoms with Crippen LogP contribution in [0, 0.1) is 0 Å². The van der Waals surface area contributed by atoms with Gasteiger partial charge < -0.3 is 27.4 Å². The SMILES string of the molecule is P.P.[Nb].[Nb].[O-2].[O-2].[O-2].[O-2].[O-2].[Ta+5].[Ta+5]. The summed E-state index contributed by atoms with van der Waals surface area (Å²) in [4.78, 5) is 0. The minimum atomic E-state index is 0. The molecule has 0 aliphatic heterocycles. The van der Waals surface area contributed by atoms with Crippen molar-refractivity contribution in [3.63, 3.8) is 0 Å². The first kappa shape index (κ1) is 207. The van der Waals surface area contributed by atoms with Gasteiger partial charge in [-0.1, -0.05) is 0 Å². The van der Waals surface area contributed by atoms with Crippen molar-refractivity contribution in [3.05, 3.63) is 0 Å². The molecule has 0 rings (SSSR count). The van der Waals surface area contributed by atoms with Crippen molar-refractivity contribution in [1.82, 2.24) is 0 Å². The van der Waals surface area contributed by atoms with Gasteiger partial charge in [0.1, 0.15) is 0 Å². The molecule has 2 unspecified atom stereocenters. The molecule has 0 aliphatic rings. The van der Waals surface area contributed by atoms with E-state index in [0.29, 0.717) is 0 Å². The monoisotopic (exact) mass is 696 g/mol. The van der Waals surface area contributed by atoms with Crippen LogP contribution in [0.1, 0.15) is 0 Å². The van der Waals surface area contributed by atoms with E-state index in [4.69, 9.17) is 0 Å². The topological polar surface area (TPSA) is 142 Å². The molecule has 0 bridgehead atoms. The molecule has 0 aromatic heterocycles. The molecular formula is H6Nb2O5P2Ta2. The van der Waals surface area contributed by atoms with Gasteiger partial charge in [-0.15, -0.1) is 0 Å². The minimum absolute atomic E-state index is 0. The maximum absolute atomic E-state index is 0. The van der Waals surface area contributed by atoms with Gasteiger partial charge in [-0.25, -0.2) is 0 Å². The second-order valence-corrected chi connectivity index (χ2v) is 0. The number of hydrogen-bond donors (Lipinski definition) is 0. The van der Waals surface area contributed by atoms with Crippen LogP contribution in [-0.2, 0) is 117 Å². The standard InChI is InChI=1S/2Nb.5O.2H3P.2Ta/h;;;;;;;2*1H3;;/q;;5*-2;;;2*+5. The first-order valence-corrected chi connectivity index (χ1v) is 0. The van der Waals surface area contributed by atoms with E-state index in [1.54, 1.807) is 0 Å². The first-order chi connectivity index (χ1) is 0. The van der Waals surface area contributed by atoms with Crippen LogP contribution < -0.4 is 0 Å². The molecule has 0 N–H and O–H groups in total. The Morgan fingerprint density at radius 1 is 0.364 bits per heavy atom. The number of hydrogen-bond acceptors (Lipinski definition) is 0. The van der Waals surface area contributed by atoms with Crippen molar-refractivity contribution in [3.8, 4) is 0 Å². The third-order valence-corrected chi connectivity index (χ3v) is 0. The maximum atomic E-state index is 0. The molecule has 0 aliphatic carbocycles. The van der Waals surface area contributed by atoms with Crippen molar-refractivity contribution >= 4 is 19.8 Å². The molecule has 66 valence electrons. The van der Waals surface area contributed by atoms with E-state index >= 15 is 0 Å². The van der Waals surface area contributed by atoms with E-state index in [9.17, 15) is 0 Å². The van der Waals surface area contributed by atoms with Crippen molar-refractivity contribution in [1.29, 1.82) is 0 Å². The molecule has 0 aromatic carbocycles. The smallest absolute Gasteiger partial charge is 2.00 e. The Hall–Kier alpha value is 3.62. The zero-order chi connectivity index (χ0) is 0. The molecule has 0 heterocycles. The third-order valence-electron chi connectivity index (χ3n) is 0. The summed E-state index contributed by atoms with van der Waals surface area (Å²) in [6.45, 7) is 0. The van der Waals surface area contributed by atoms with Gasteiger partial charge in [-0.3, -0.25) is 0 Å². The molecule has 0 fully saturated rings. The van der Waals surface area contributed by atoms with Crippen LogP contribution in [0.5, 0.6) is 0 Å². The van der Waals surface area contributed by atoms with Crippen molar-refractivity contribution < 1.29 is 117 Å². The summed E-state index contributed by atoms with van der Waals surface area (Å²) in [7, 11) is 0. The summed E-state index contributed by atoms with van der Waals surface area (Å²) < 4.78 is 0. The Kier molecular flexibility index (Phi) is 3110. The summed E-state index contributed by atoms with van der Waals surface area (Å²) in [6.07, 6.45) is 0. The van der Waals surface area contributed by atoms with E-state index in [2.05, 4.69) is 0 Å². The van der Waals surface area contributed by atoms with E-state index in [-0.39, 0.29) is 137 Å². The molecule has 5 nitrogen and oxygen atoms in total. The summed E-state index contributed by atoms with van der Waals surface area (Å²) in [6, 6.07) is 0. The molecule has 11 heteroatoms. The van der Waals surface area contributed by atoms with Gasteiger partial charge in [0.05, 0.1) is 0 Å². The van der Waals surface area contributed by atoms with E-state index in [0.717, 1.165) is 0 Å². The summed E-state index contributed by atoms with van der Waals surface area (Å²) in [5, 5.41) is 0. The maximum Gasteiger partial charge on any atom is 5.00 e. The Balaban J connectivity index is 0. The van der Waals surface area contributed by atoms with E-state index in [1.807, 2.05) is 0 Å². The molecule has 0 amide bonds. The Morgan fingerprint density at radius 3 is 0.364 bits per heavy atom. The first-order valence-electron chi connectivity index (χ1n) is 0. The molecular weight excluding hydrogens is 690 g/mol. The van der Waals surface area contributed by atoms with Gasteiger partial charge in [0.15, 0.2) is 0 Å². The second kappa shape index (κ2) is 165. The fraction of sp³-hybridized carbons (Fsp3) is 0. The van der Waals surface area contributed by atoms with Crippen LogP contribution in [0.25, 0.3) is 0 Å². The van der Waals surface area contributed by atoms with E-state index < -0.39 is 0 Å². The Labute approximate surface area is 135 Å². The van der Waals surface area contributed by atoms with Gasteiger partial charge in [-0.2, -0.15) is 19.8 Å². The average Bonchev–Trinajstić information content (AvgIpc) is 0. The van der Waals surface area contributed by atoms with Gasteiger partial charge >= 0.3 is 44.8 Å². The Bertz CT molecular complexity index is 20.4. The van der Waals surface area contributed by atoms with Gasteiger partial charge in [-0.05, 0) is 0 Å². The molecule has 0 saturated carbocycles. The van der Waals surface area contributed by atoms with Crippen molar-refractivity contribution in [2.75, 3.05) is 0 Å². The van der Waals surface area contributed by atoms with Crippen LogP contribution in [-0.4, -0.2) is 0 Å². The molecule has 2 radical (unpaired) electrons. The average molecular weight is 696 g/mol. The van der Waals surface area contributed by atoms with Crippen LogP contribution in [0.4, 0.5) is 0 Å². The molecule has 11 heavy (non-hydrogen) atoms. The van der Waals surface area contributed by atoms with E-state index in [1.165, 1.54) is 0 Å². The van der Waals surface area contributed by atoms with Crippen LogP contribution >= 0.6 is 19.8 Å². The summed E-state index contributed by atoms with van der Waals surface area (Å²) in [5.74, 6) is 0. The quantitative estimate of drug-likeness (QED) is 0.239. The predicted molar refractivity (Wildman–Crippen MR) is 25.6 cm³/mol. The van der Waals surface area contributed by atoms with Crippen molar-refractivity contribution in [2.45, 2.75) is 0 Å². The molecule has 0 saturated heterocycles. The number of rotatable bonds is 0. The summed E-state index contributed by atoms with van der Waals surface area (Å²) in [5.41, 5.74) is 0. The van der Waals surface area contributed by atoms with Crippen LogP contribution in [0.3, 0.4) is 0 Å². The minimum Gasteiger partial charge on any atom is -2.00 e. The van der Waals surface area contributed by atoms with Crippen LogP contribution in [0.15, 0.2) is 0 Å². The normalized spacial score (nSPS) is 0. The molecule has 0 aromatic rings. The molecule has 2 atom stereocenters. The fourth-order valence-corrected chi connectivity index (χ4v) is 0. The van der Waals surface area contributed by atoms with Crippen LogP contribution in [0.2, 0.25) is 0 Å². The predicted octanol–water partition coefficient (Wildman–Crippen LogP) is -0.488. The zero-order valence-electron chi connectivity index (χ0n) is 5.24. The van der Waals surface area contributed by atoms with Crippen molar-refractivity contribution in [2.24, 2.45) is 0 Å². The fourth-order valence-electron chi connectivity index (χ4n) is 0. The van der Waals surface area contributed by atoms with Gasteiger partial charge in [0.25, 0.3) is 0 Å². The Morgan fingerprint density at radius 2 is 0.364 bits per heavy atom.